The Bertz CT molecular complexity index is 988. The summed E-state index contributed by atoms with van der Waals surface area (Å²) in [5.74, 6) is -3.07. The van der Waals surface area contributed by atoms with Crippen molar-refractivity contribution in [3.05, 3.63) is 50.2 Å². The maximum Gasteiger partial charge on any atom is 0.342 e. The number of nitrogens with two attached hydrogens (primary N) is 1. The van der Waals surface area contributed by atoms with Crippen molar-refractivity contribution < 1.29 is 24.5 Å². The van der Waals surface area contributed by atoms with Crippen LogP contribution in [-0.4, -0.2) is 37.7 Å². The first-order valence-corrected chi connectivity index (χ1v) is 6.93. The lowest BCUT2D eigenvalue weighted by molar-refractivity contribution is 0.0471. The highest BCUT2D eigenvalue weighted by atomic mass is 16.5. The number of aromatic hydroxyl groups is 2. The Hall–Kier alpha value is -3.56. The van der Waals surface area contributed by atoms with Crippen molar-refractivity contribution >= 4 is 17.6 Å². The van der Waals surface area contributed by atoms with Gasteiger partial charge in [-0.15, -0.1) is 0 Å². The zero-order valence-corrected chi connectivity index (χ0v) is 13.3. The quantitative estimate of drug-likeness (QED) is 0.475. The molecule has 10 nitrogen and oxygen atoms in total. The van der Waals surface area contributed by atoms with Gasteiger partial charge >= 0.3 is 11.7 Å². The fraction of sp³-hybridized carbons (Fsp3) is 0.200. The van der Waals surface area contributed by atoms with E-state index in [1.54, 1.807) is 0 Å². The van der Waals surface area contributed by atoms with Gasteiger partial charge in [-0.25, -0.2) is 9.59 Å². The van der Waals surface area contributed by atoms with Crippen molar-refractivity contribution in [2.24, 2.45) is 14.1 Å². The predicted octanol–water partition coefficient (Wildman–Crippen LogP) is -0.883. The van der Waals surface area contributed by atoms with Crippen molar-refractivity contribution in [3.8, 4) is 11.5 Å². The molecule has 4 N–H and O–H groups in total. The number of hydrogen-bond donors (Lipinski definition) is 3. The van der Waals surface area contributed by atoms with E-state index < -0.39 is 40.9 Å². The van der Waals surface area contributed by atoms with Crippen LogP contribution in [0.25, 0.3) is 0 Å². The van der Waals surface area contributed by atoms with Crippen LogP contribution in [0.5, 0.6) is 11.5 Å². The number of nitrogen functional groups attached to an aromatic ring is 1. The second-order valence-corrected chi connectivity index (χ2v) is 5.17. The van der Waals surface area contributed by atoms with Crippen LogP contribution in [0.3, 0.4) is 0 Å². The molecule has 10 heteroatoms. The van der Waals surface area contributed by atoms with Crippen molar-refractivity contribution in [1.29, 1.82) is 0 Å². The molecule has 0 aliphatic rings. The first-order valence-electron chi connectivity index (χ1n) is 6.93. The van der Waals surface area contributed by atoms with E-state index in [1.807, 2.05) is 0 Å². The summed E-state index contributed by atoms with van der Waals surface area (Å²) < 4.78 is 6.39. The second kappa shape index (κ2) is 6.51. The van der Waals surface area contributed by atoms with Gasteiger partial charge < -0.3 is 20.7 Å². The van der Waals surface area contributed by atoms with Crippen LogP contribution >= 0.6 is 0 Å². The average Bonchev–Trinajstić information content (AvgIpc) is 2.56. The summed E-state index contributed by atoms with van der Waals surface area (Å²) in [6, 6.07) is 3.19. The lowest BCUT2D eigenvalue weighted by Crippen LogP contribution is -2.42. The Morgan fingerprint density at radius 1 is 1.16 bits per heavy atom. The molecule has 2 rings (SSSR count). The monoisotopic (exact) mass is 349 g/mol. The van der Waals surface area contributed by atoms with Gasteiger partial charge in [0.2, 0.25) is 5.78 Å². The summed E-state index contributed by atoms with van der Waals surface area (Å²) in [7, 11) is 2.47. The number of nitrogens with zero attached hydrogens (tertiary/aromatic N) is 2. The van der Waals surface area contributed by atoms with Crippen molar-refractivity contribution in [2.75, 3.05) is 12.3 Å². The highest BCUT2D eigenvalue weighted by Gasteiger charge is 2.22. The molecule has 0 bridgehead atoms. The van der Waals surface area contributed by atoms with E-state index in [1.165, 1.54) is 14.1 Å². The number of ketones is 1. The van der Waals surface area contributed by atoms with E-state index in [0.29, 0.717) is 4.57 Å². The molecule has 0 aliphatic carbocycles. The summed E-state index contributed by atoms with van der Waals surface area (Å²) in [5.41, 5.74) is 3.27. The third kappa shape index (κ3) is 3.22. The van der Waals surface area contributed by atoms with Crippen molar-refractivity contribution in [3.63, 3.8) is 0 Å². The molecule has 25 heavy (non-hydrogen) atoms. The maximum absolute atomic E-state index is 12.2. The highest BCUT2D eigenvalue weighted by Crippen LogP contribution is 2.23. The minimum atomic E-state index is -1.04. The zero-order chi connectivity index (χ0) is 18.9. The summed E-state index contributed by atoms with van der Waals surface area (Å²) >= 11 is 0. The molecular weight excluding hydrogens is 334 g/mol. The van der Waals surface area contributed by atoms with E-state index >= 15 is 0 Å². The normalized spacial score (nSPS) is 10.5. The first kappa shape index (κ1) is 17.8. The van der Waals surface area contributed by atoms with Crippen LogP contribution in [0.1, 0.15) is 20.7 Å². The van der Waals surface area contributed by atoms with Crippen LogP contribution in [0, 0.1) is 0 Å². The second-order valence-electron chi connectivity index (χ2n) is 5.17. The Labute approximate surface area is 140 Å². The molecule has 1 heterocycles. The lowest BCUT2D eigenvalue weighted by Gasteiger charge is -2.11. The molecule has 2 aromatic rings. The number of carbonyl (C=O) groups excluding carboxylic acids is 2. The van der Waals surface area contributed by atoms with Crippen LogP contribution < -0.4 is 17.0 Å². The van der Waals surface area contributed by atoms with Crippen LogP contribution in [0.2, 0.25) is 0 Å². The number of Topliss-reactive ketones (excluding diaryl/α,β-unsaturated/α-hetero) is 1. The molecule has 1 aromatic heterocycles. The van der Waals surface area contributed by atoms with Gasteiger partial charge in [0.1, 0.15) is 28.4 Å². The Morgan fingerprint density at radius 3 is 2.40 bits per heavy atom. The number of benzene rings is 1. The summed E-state index contributed by atoms with van der Waals surface area (Å²) in [6.07, 6.45) is 0. The van der Waals surface area contributed by atoms with E-state index in [0.717, 1.165) is 22.8 Å². The number of carbonyl (C=O) groups is 2. The number of phenols is 2. The van der Waals surface area contributed by atoms with Gasteiger partial charge in [0.25, 0.3) is 5.56 Å². The minimum absolute atomic E-state index is 0.258. The van der Waals surface area contributed by atoms with Crippen LogP contribution in [-0.2, 0) is 18.8 Å². The topological polar surface area (TPSA) is 154 Å². The van der Waals surface area contributed by atoms with Gasteiger partial charge in [-0.2, -0.15) is 0 Å². The van der Waals surface area contributed by atoms with Crippen LogP contribution in [0.15, 0.2) is 27.8 Å². The van der Waals surface area contributed by atoms with Gasteiger partial charge in [0, 0.05) is 20.2 Å². The smallest absolute Gasteiger partial charge is 0.342 e. The summed E-state index contributed by atoms with van der Waals surface area (Å²) in [4.78, 5) is 47.8. The molecule has 0 atom stereocenters. The molecule has 0 spiro atoms. The van der Waals surface area contributed by atoms with Crippen molar-refractivity contribution in [1.82, 2.24) is 9.13 Å². The number of hydrogen-bond acceptors (Lipinski definition) is 8. The Kier molecular flexibility index (Phi) is 4.63. The minimum Gasteiger partial charge on any atom is -0.508 e. The van der Waals surface area contributed by atoms with E-state index in [-0.39, 0.29) is 17.1 Å². The molecule has 0 fully saturated rings. The number of phenolic OH excluding ortho intramolecular Hbond substituents is 2. The number of esters is 1. The van der Waals surface area contributed by atoms with E-state index in [4.69, 9.17) is 10.5 Å². The van der Waals surface area contributed by atoms with Gasteiger partial charge in [-0.05, 0) is 12.1 Å². The molecule has 0 radical (unpaired) electrons. The predicted molar refractivity (Wildman–Crippen MR) is 85.7 cm³/mol. The molecule has 0 saturated carbocycles. The number of ether oxygens (including phenoxy) is 1. The maximum atomic E-state index is 12.2. The van der Waals surface area contributed by atoms with E-state index in [2.05, 4.69) is 0 Å². The highest BCUT2D eigenvalue weighted by molar-refractivity contribution is 6.02. The third-order valence-corrected chi connectivity index (χ3v) is 3.52. The SMILES string of the molecule is Cn1c(N)c(C(=O)COC(=O)c2ccc(O)cc2O)c(=O)n(C)c1=O. The standard InChI is InChI=1S/C15H15N3O7/c1-17-12(16)11(13(22)18(2)15(17)24)10(21)6-25-14(23)8-4-3-7(19)5-9(8)20/h3-5,19-20H,6,16H2,1-2H3. The molecule has 0 unspecified atom stereocenters. The molecule has 0 saturated heterocycles. The number of rotatable bonds is 4. The Morgan fingerprint density at radius 2 is 1.80 bits per heavy atom. The van der Waals surface area contributed by atoms with Crippen LogP contribution in [0.4, 0.5) is 5.82 Å². The third-order valence-electron chi connectivity index (χ3n) is 3.52. The summed E-state index contributed by atoms with van der Waals surface area (Å²) in [5, 5.41) is 18.8. The molecule has 0 amide bonds. The van der Waals surface area contributed by atoms with E-state index in [9.17, 15) is 29.4 Å². The molecular formula is C15H15N3O7. The average molecular weight is 349 g/mol. The zero-order valence-electron chi connectivity index (χ0n) is 13.3. The van der Waals surface area contributed by atoms with Gasteiger partial charge in [0.15, 0.2) is 6.61 Å². The molecule has 0 aliphatic heterocycles. The largest absolute Gasteiger partial charge is 0.508 e. The molecule has 1 aromatic carbocycles. The van der Waals surface area contributed by atoms with Gasteiger partial charge in [-0.1, -0.05) is 0 Å². The lowest BCUT2D eigenvalue weighted by atomic mass is 10.2. The summed E-state index contributed by atoms with van der Waals surface area (Å²) in [6.45, 7) is -0.823. The number of aromatic nitrogens is 2. The number of anilines is 1. The fourth-order valence-corrected chi connectivity index (χ4v) is 2.10. The van der Waals surface area contributed by atoms with Crippen molar-refractivity contribution in [2.45, 2.75) is 0 Å². The molecule has 132 valence electrons. The van der Waals surface area contributed by atoms with Gasteiger partial charge in [0.05, 0.1) is 0 Å². The first-order chi connectivity index (χ1) is 11.6. The Balaban J connectivity index is 2.26. The fourth-order valence-electron chi connectivity index (χ4n) is 2.10. The van der Waals surface area contributed by atoms with Gasteiger partial charge in [-0.3, -0.25) is 18.7 Å².